The fourth-order valence-electron chi connectivity index (χ4n) is 1.61. The van der Waals surface area contributed by atoms with Gasteiger partial charge in [-0.15, -0.1) is 0 Å². The lowest BCUT2D eigenvalue weighted by Crippen LogP contribution is -2.11. The number of unbranched alkanes of at least 4 members (excludes halogenated alkanes) is 5. The fourth-order valence-corrected chi connectivity index (χ4v) is 1.61. The molecule has 0 aliphatic heterocycles. The molecule has 0 heterocycles. The first-order chi connectivity index (χ1) is 7.20. The van der Waals surface area contributed by atoms with Crippen LogP contribution in [-0.2, 0) is 9.53 Å². The summed E-state index contributed by atoms with van der Waals surface area (Å²) in [5.41, 5.74) is 0. The second-order valence-corrected chi connectivity index (χ2v) is 4.31. The maximum atomic E-state index is 11.4. The Morgan fingerprint density at radius 3 is 2.33 bits per heavy atom. The van der Waals surface area contributed by atoms with E-state index in [1.54, 1.807) is 7.11 Å². The summed E-state index contributed by atoms with van der Waals surface area (Å²) >= 11 is 0. The summed E-state index contributed by atoms with van der Waals surface area (Å²) in [6.07, 6.45) is 8.86. The van der Waals surface area contributed by atoms with Crippen LogP contribution in [0.25, 0.3) is 0 Å². The summed E-state index contributed by atoms with van der Waals surface area (Å²) in [4.78, 5) is 11.4. The van der Waals surface area contributed by atoms with E-state index in [9.17, 15) is 4.79 Å². The normalized spacial score (nSPS) is 12.7. The van der Waals surface area contributed by atoms with Gasteiger partial charge in [0.2, 0.25) is 0 Å². The van der Waals surface area contributed by atoms with Gasteiger partial charge in [-0.2, -0.15) is 0 Å². The summed E-state index contributed by atoms with van der Waals surface area (Å²) in [6.45, 7) is 4.16. The number of rotatable bonds is 10. The van der Waals surface area contributed by atoms with Crippen molar-refractivity contribution in [1.82, 2.24) is 0 Å². The third-order valence-electron chi connectivity index (χ3n) is 2.73. The molecule has 15 heavy (non-hydrogen) atoms. The third-order valence-corrected chi connectivity index (χ3v) is 2.73. The quantitative estimate of drug-likeness (QED) is 0.518. The van der Waals surface area contributed by atoms with Crippen LogP contribution in [0.1, 0.15) is 65.2 Å². The van der Waals surface area contributed by atoms with Gasteiger partial charge in [0.15, 0.2) is 0 Å². The molecule has 0 aromatic carbocycles. The zero-order valence-corrected chi connectivity index (χ0v) is 10.6. The molecule has 0 aliphatic rings. The van der Waals surface area contributed by atoms with Gasteiger partial charge in [0, 0.05) is 20.0 Å². The maximum Gasteiger partial charge on any atom is 0.135 e. The minimum atomic E-state index is 0.0811. The van der Waals surface area contributed by atoms with Crippen molar-refractivity contribution in [2.24, 2.45) is 0 Å². The summed E-state index contributed by atoms with van der Waals surface area (Å²) in [6, 6.07) is 0. The Morgan fingerprint density at radius 1 is 1.13 bits per heavy atom. The van der Waals surface area contributed by atoms with Gasteiger partial charge in [-0.05, 0) is 13.3 Å². The highest BCUT2D eigenvalue weighted by Crippen LogP contribution is 2.09. The fraction of sp³-hybridized carbons (Fsp3) is 0.923. The van der Waals surface area contributed by atoms with Crippen molar-refractivity contribution in [1.29, 1.82) is 0 Å². The van der Waals surface area contributed by atoms with Gasteiger partial charge >= 0.3 is 0 Å². The van der Waals surface area contributed by atoms with Crippen LogP contribution in [0.4, 0.5) is 0 Å². The van der Waals surface area contributed by atoms with E-state index >= 15 is 0 Å². The van der Waals surface area contributed by atoms with Crippen molar-refractivity contribution in [2.45, 2.75) is 71.3 Å². The largest absolute Gasteiger partial charge is 0.381 e. The SMILES string of the molecule is CCCCCCCCC(=O)CC(C)OC. The summed E-state index contributed by atoms with van der Waals surface area (Å²) < 4.78 is 5.06. The minimum absolute atomic E-state index is 0.0811. The molecule has 0 saturated heterocycles. The molecule has 2 heteroatoms. The van der Waals surface area contributed by atoms with Gasteiger partial charge < -0.3 is 4.74 Å². The molecule has 1 atom stereocenters. The van der Waals surface area contributed by atoms with E-state index in [2.05, 4.69) is 6.92 Å². The van der Waals surface area contributed by atoms with E-state index in [0.717, 1.165) is 12.8 Å². The highest BCUT2D eigenvalue weighted by Gasteiger charge is 2.07. The zero-order chi connectivity index (χ0) is 11.5. The molecule has 0 rings (SSSR count). The second-order valence-electron chi connectivity index (χ2n) is 4.31. The molecular formula is C13H26O2. The van der Waals surface area contributed by atoms with Crippen LogP contribution in [0.5, 0.6) is 0 Å². The van der Waals surface area contributed by atoms with E-state index in [0.29, 0.717) is 12.2 Å². The van der Waals surface area contributed by atoms with Crippen LogP contribution in [-0.4, -0.2) is 19.0 Å². The molecular weight excluding hydrogens is 188 g/mol. The third kappa shape index (κ3) is 9.92. The van der Waals surface area contributed by atoms with Crippen LogP contribution in [0.3, 0.4) is 0 Å². The van der Waals surface area contributed by atoms with E-state index in [-0.39, 0.29) is 6.10 Å². The molecule has 0 radical (unpaired) electrons. The topological polar surface area (TPSA) is 26.3 Å². The number of carbonyl (C=O) groups excluding carboxylic acids is 1. The van der Waals surface area contributed by atoms with Crippen molar-refractivity contribution in [3.8, 4) is 0 Å². The summed E-state index contributed by atoms with van der Waals surface area (Å²) in [5.74, 6) is 0.347. The van der Waals surface area contributed by atoms with Crippen LogP contribution >= 0.6 is 0 Å². The van der Waals surface area contributed by atoms with E-state index in [4.69, 9.17) is 4.74 Å². The maximum absolute atomic E-state index is 11.4. The molecule has 0 spiro atoms. The first-order valence-corrected chi connectivity index (χ1v) is 6.25. The van der Waals surface area contributed by atoms with E-state index in [1.807, 2.05) is 6.92 Å². The van der Waals surface area contributed by atoms with Crippen molar-refractivity contribution >= 4 is 5.78 Å². The molecule has 90 valence electrons. The highest BCUT2D eigenvalue weighted by molar-refractivity contribution is 5.78. The van der Waals surface area contributed by atoms with E-state index in [1.165, 1.54) is 32.1 Å². The highest BCUT2D eigenvalue weighted by atomic mass is 16.5. The monoisotopic (exact) mass is 214 g/mol. The number of hydrogen-bond donors (Lipinski definition) is 0. The van der Waals surface area contributed by atoms with Crippen LogP contribution < -0.4 is 0 Å². The van der Waals surface area contributed by atoms with Gasteiger partial charge in [0.05, 0.1) is 6.10 Å². The Labute approximate surface area is 94.4 Å². The average molecular weight is 214 g/mol. The van der Waals surface area contributed by atoms with Crippen molar-refractivity contribution in [2.75, 3.05) is 7.11 Å². The molecule has 0 amide bonds. The zero-order valence-electron chi connectivity index (χ0n) is 10.6. The number of ether oxygens (including phenoxy) is 1. The summed E-state index contributed by atoms with van der Waals surface area (Å²) in [7, 11) is 1.66. The number of methoxy groups -OCH3 is 1. The standard InChI is InChI=1S/C13H26O2/c1-4-5-6-7-8-9-10-13(14)11-12(2)15-3/h12H,4-11H2,1-3H3. The number of Topliss-reactive ketones (excluding diaryl/α,β-unsaturated/α-hetero) is 1. The second kappa shape index (κ2) is 10.2. The first kappa shape index (κ1) is 14.6. The Hall–Kier alpha value is -0.370. The first-order valence-electron chi connectivity index (χ1n) is 6.25. The van der Waals surface area contributed by atoms with Gasteiger partial charge in [0.25, 0.3) is 0 Å². The number of hydrogen-bond acceptors (Lipinski definition) is 2. The van der Waals surface area contributed by atoms with Gasteiger partial charge in [-0.1, -0.05) is 39.0 Å². The van der Waals surface area contributed by atoms with E-state index < -0.39 is 0 Å². The van der Waals surface area contributed by atoms with Crippen molar-refractivity contribution in [3.05, 3.63) is 0 Å². The van der Waals surface area contributed by atoms with Gasteiger partial charge in [-0.25, -0.2) is 0 Å². The lowest BCUT2D eigenvalue weighted by Gasteiger charge is -2.07. The van der Waals surface area contributed by atoms with Crippen molar-refractivity contribution in [3.63, 3.8) is 0 Å². The molecule has 0 fully saturated rings. The Kier molecular flexibility index (Phi) is 9.91. The number of ketones is 1. The molecule has 0 N–H and O–H groups in total. The molecule has 0 aromatic rings. The molecule has 0 aromatic heterocycles. The predicted octanol–water partition coefficient (Wildman–Crippen LogP) is 3.73. The van der Waals surface area contributed by atoms with Crippen LogP contribution in [0, 0.1) is 0 Å². The average Bonchev–Trinajstić information content (AvgIpc) is 2.23. The number of carbonyl (C=O) groups is 1. The Bertz CT molecular complexity index is 155. The summed E-state index contributed by atoms with van der Waals surface area (Å²) in [5, 5.41) is 0. The molecule has 1 unspecified atom stereocenters. The van der Waals surface area contributed by atoms with Gasteiger partial charge in [0.1, 0.15) is 5.78 Å². The minimum Gasteiger partial charge on any atom is -0.381 e. The molecule has 0 aliphatic carbocycles. The Balaban J connectivity index is 3.24. The van der Waals surface area contributed by atoms with Crippen molar-refractivity contribution < 1.29 is 9.53 Å². The smallest absolute Gasteiger partial charge is 0.135 e. The van der Waals surface area contributed by atoms with Gasteiger partial charge in [-0.3, -0.25) is 4.79 Å². The molecule has 0 bridgehead atoms. The van der Waals surface area contributed by atoms with Crippen LogP contribution in [0.15, 0.2) is 0 Å². The van der Waals surface area contributed by atoms with Crippen LogP contribution in [0.2, 0.25) is 0 Å². The predicted molar refractivity (Wildman–Crippen MR) is 64.1 cm³/mol. The lowest BCUT2D eigenvalue weighted by molar-refractivity contribution is -0.121. The Morgan fingerprint density at radius 2 is 1.73 bits per heavy atom. The molecule has 0 saturated carbocycles. The lowest BCUT2D eigenvalue weighted by atomic mass is 10.1. The molecule has 2 nitrogen and oxygen atoms in total.